The predicted molar refractivity (Wildman–Crippen MR) is 54.4 cm³/mol. The van der Waals surface area contributed by atoms with Gasteiger partial charge in [0.1, 0.15) is 0 Å². The summed E-state index contributed by atoms with van der Waals surface area (Å²) in [6.07, 6.45) is -0.300. The number of hydrogen-bond acceptors (Lipinski definition) is 6. The Morgan fingerprint density at radius 2 is 1.81 bits per heavy atom. The summed E-state index contributed by atoms with van der Waals surface area (Å²) >= 11 is 0. The van der Waals surface area contributed by atoms with E-state index in [0.29, 0.717) is 26.2 Å². The van der Waals surface area contributed by atoms with Gasteiger partial charge in [0.25, 0.3) is 0 Å². The van der Waals surface area contributed by atoms with Crippen LogP contribution in [0.1, 0.15) is 27.2 Å². The molecule has 0 saturated carbocycles. The zero-order valence-electron chi connectivity index (χ0n) is 9.86. The summed E-state index contributed by atoms with van der Waals surface area (Å²) in [5, 5.41) is 0. The van der Waals surface area contributed by atoms with Gasteiger partial charge in [0.15, 0.2) is 6.10 Å². The first kappa shape index (κ1) is 14.9. The van der Waals surface area contributed by atoms with Gasteiger partial charge in [0, 0.05) is 13.5 Å². The van der Waals surface area contributed by atoms with Crippen LogP contribution >= 0.6 is 0 Å². The van der Waals surface area contributed by atoms with Crippen molar-refractivity contribution in [3.63, 3.8) is 0 Å². The van der Waals surface area contributed by atoms with Gasteiger partial charge in [-0.1, -0.05) is 6.92 Å². The molecule has 0 aliphatic heterocycles. The molecule has 0 radical (unpaired) electrons. The van der Waals surface area contributed by atoms with Gasteiger partial charge in [-0.3, -0.25) is 0 Å². The van der Waals surface area contributed by atoms with Gasteiger partial charge in [-0.25, -0.2) is 19.4 Å². The first-order chi connectivity index (χ1) is 7.61. The van der Waals surface area contributed by atoms with E-state index in [9.17, 15) is 9.59 Å². The number of hydrogen-bond donors (Lipinski definition) is 0. The fourth-order valence-electron chi connectivity index (χ4n) is 0.900. The van der Waals surface area contributed by atoms with E-state index < -0.39 is 18.0 Å². The highest BCUT2D eigenvalue weighted by molar-refractivity contribution is 5.75. The van der Waals surface area contributed by atoms with Crippen LogP contribution in [-0.2, 0) is 28.8 Å². The van der Waals surface area contributed by atoms with Gasteiger partial charge in [-0.05, 0) is 13.3 Å². The summed E-state index contributed by atoms with van der Waals surface area (Å²) in [4.78, 5) is 30.0. The second-order valence-corrected chi connectivity index (χ2v) is 2.94. The standard InChI is InChI=1S/C10H18O6/c1-4-9(14-7-6-13-5-2)10(12)16-15-8(3)11/h9H,4-7H2,1-3H3. The van der Waals surface area contributed by atoms with E-state index in [1.807, 2.05) is 6.92 Å². The van der Waals surface area contributed by atoms with Gasteiger partial charge >= 0.3 is 11.9 Å². The van der Waals surface area contributed by atoms with Gasteiger partial charge < -0.3 is 9.47 Å². The monoisotopic (exact) mass is 234 g/mol. The third kappa shape index (κ3) is 7.19. The molecule has 16 heavy (non-hydrogen) atoms. The Labute approximate surface area is 94.7 Å². The van der Waals surface area contributed by atoms with Gasteiger partial charge in [0.2, 0.25) is 0 Å². The first-order valence-electron chi connectivity index (χ1n) is 5.20. The molecule has 0 fully saturated rings. The molecule has 94 valence electrons. The van der Waals surface area contributed by atoms with E-state index >= 15 is 0 Å². The SMILES string of the molecule is CCOCCOC(CC)C(=O)OOC(C)=O. The lowest BCUT2D eigenvalue weighted by Crippen LogP contribution is -2.28. The summed E-state index contributed by atoms with van der Waals surface area (Å²) in [6, 6.07) is 0. The van der Waals surface area contributed by atoms with Crippen LogP contribution in [0.3, 0.4) is 0 Å². The Morgan fingerprint density at radius 3 is 2.31 bits per heavy atom. The van der Waals surface area contributed by atoms with E-state index in [0.717, 1.165) is 6.92 Å². The average molecular weight is 234 g/mol. The zero-order chi connectivity index (χ0) is 12.4. The number of rotatable bonds is 7. The minimum Gasteiger partial charge on any atom is -0.379 e. The Hall–Kier alpha value is -1.14. The summed E-state index contributed by atoms with van der Waals surface area (Å²) < 4.78 is 10.2. The molecule has 6 heteroatoms. The highest BCUT2D eigenvalue weighted by Crippen LogP contribution is 2.01. The lowest BCUT2D eigenvalue weighted by Gasteiger charge is -2.13. The lowest BCUT2D eigenvalue weighted by molar-refractivity contribution is -0.264. The van der Waals surface area contributed by atoms with Crippen LogP contribution in [0.2, 0.25) is 0 Å². The van der Waals surface area contributed by atoms with Crippen molar-refractivity contribution in [2.45, 2.75) is 33.3 Å². The largest absolute Gasteiger partial charge is 0.383 e. The maximum absolute atomic E-state index is 11.3. The average Bonchev–Trinajstić information content (AvgIpc) is 2.26. The topological polar surface area (TPSA) is 71.1 Å². The number of carbonyl (C=O) groups is 2. The molecule has 0 aromatic carbocycles. The van der Waals surface area contributed by atoms with E-state index in [1.54, 1.807) is 6.92 Å². The summed E-state index contributed by atoms with van der Waals surface area (Å²) in [5.41, 5.74) is 0. The molecule has 0 N–H and O–H groups in total. The van der Waals surface area contributed by atoms with Crippen molar-refractivity contribution in [3.8, 4) is 0 Å². The summed E-state index contributed by atoms with van der Waals surface area (Å²) in [7, 11) is 0. The van der Waals surface area contributed by atoms with Crippen LogP contribution < -0.4 is 0 Å². The quantitative estimate of drug-likeness (QED) is 0.369. The van der Waals surface area contributed by atoms with Crippen molar-refractivity contribution in [3.05, 3.63) is 0 Å². The molecule has 0 spiro atoms. The molecule has 1 unspecified atom stereocenters. The highest BCUT2D eigenvalue weighted by Gasteiger charge is 2.20. The highest BCUT2D eigenvalue weighted by atomic mass is 17.2. The fraction of sp³-hybridized carbons (Fsp3) is 0.800. The minimum atomic E-state index is -0.736. The van der Waals surface area contributed by atoms with Gasteiger partial charge in [-0.2, -0.15) is 0 Å². The zero-order valence-corrected chi connectivity index (χ0v) is 9.86. The molecule has 0 aliphatic rings. The molecule has 0 heterocycles. The van der Waals surface area contributed by atoms with Crippen LogP contribution in [0.15, 0.2) is 0 Å². The van der Waals surface area contributed by atoms with E-state index in [2.05, 4.69) is 9.78 Å². The predicted octanol–water partition coefficient (Wildman–Crippen LogP) is 0.839. The summed E-state index contributed by atoms with van der Waals surface area (Å²) in [5.74, 6) is -1.40. The van der Waals surface area contributed by atoms with E-state index in [1.165, 1.54) is 0 Å². The molecule has 6 nitrogen and oxygen atoms in total. The number of carbonyl (C=O) groups excluding carboxylic acids is 2. The Kier molecular flexibility index (Phi) is 8.46. The fourth-order valence-corrected chi connectivity index (χ4v) is 0.900. The van der Waals surface area contributed by atoms with Crippen LogP contribution in [0.25, 0.3) is 0 Å². The van der Waals surface area contributed by atoms with Crippen molar-refractivity contribution in [1.29, 1.82) is 0 Å². The van der Waals surface area contributed by atoms with Crippen LogP contribution in [-0.4, -0.2) is 37.9 Å². The Balaban J connectivity index is 3.78. The Morgan fingerprint density at radius 1 is 1.12 bits per heavy atom. The minimum absolute atomic E-state index is 0.293. The Bertz CT molecular complexity index is 215. The first-order valence-corrected chi connectivity index (χ1v) is 5.20. The smallest absolute Gasteiger partial charge is 0.379 e. The van der Waals surface area contributed by atoms with Gasteiger partial charge in [-0.15, -0.1) is 0 Å². The summed E-state index contributed by atoms with van der Waals surface area (Å²) in [6.45, 7) is 6.07. The van der Waals surface area contributed by atoms with Crippen molar-refractivity contribution >= 4 is 11.9 Å². The molecule has 0 rings (SSSR count). The van der Waals surface area contributed by atoms with Crippen molar-refractivity contribution in [2.75, 3.05) is 19.8 Å². The normalized spacial score (nSPS) is 11.9. The maximum atomic E-state index is 11.3. The molecule has 0 aromatic rings. The number of ether oxygens (including phenoxy) is 2. The van der Waals surface area contributed by atoms with E-state index in [-0.39, 0.29) is 0 Å². The molecule has 0 saturated heterocycles. The maximum Gasteiger partial charge on any atom is 0.383 e. The van der Waals surface area contributed by atoms with Crippen molar-refractivity contribution < 1.29 is 28.8 Å². The molecule has 0 aliphatic carbocycles. The molecular formula is C10H18O6. The second-order valence-electron chi connectivity index (χ2n) is 2.94. The molecule has 1 atom stereocenters. The van der Waals surface area contributed by atoms with Crippen LogP contribution in [0, 0.1) is 0 Å². The lowest BCUT2D eigenvalue weighted by atomic mass is 10.3. The third-order valence-corrected chi connectivity index (χ3v) is 1.63. The van der Waals surface area contributed by atoms with Crippen LogP contribution in [0.5, 0.6) is 0 Å². The van der Waals surface area contributed by atoms with E-state index in [4.69, 9.17) is 9.47 Å². The second kappa shape index (κ2) is 9.11. The molecule has 0 bridgehead atoms. The van der Waals surface area contributed by atoms with Crippen molar-refractivity contribution in [2.24, 2.45) is 0 Å². The molecule has 0 aromatic heterocycles. The molecular weight excluding hydrogens is 216 g/mol. The van der Waals surface area contributed by atoms with Crippen molar-refractivity contribution in [1.82, 2.24) is 0 Å². The van der Waals surface area contributed by atoms with Gasteiger partial charge in [0.05, 0.1) is 13.2 Å². The third-order valence-electron chi connectivity index (χ3n) is 1.63. The molecule has 0 amide bonds. The van der Waals surface area contributed by atoms with Crippen LogP contribution in [0.4, 0.5) is 0 Å².